The molecule has 38 heavy (non-hydrogen) atoms. The number of carbonyl (C=O) groups is 2. The molecule has 0 radical (unpaired) electrons. The maximum absolute atomic E-state index is 13.1. The Morgan fingerprint density at radius 1 is 0.974 bits per heavy atom. The van der Waals surface area contributed by atoms with Crippen LogP contribution in [0.3, 0.4) is 0 Å². The standard InChI is InChI=1S/C31H32FNO5/c1-31(2,3)38-30(36)33(19-22-6-4-21(5-7-22)10-17-29(34)35)28-18-27(28)24-11-15-26(16-12-24)37-20-23-8-13-25(32)14-9-23/h4-17,27-28H,18-20H2,1-3H3,(H,34,35)/b17-10+. The Bertz CT molecular complexity index is 1280. The zero-order chi connectivity index (χ0) is 27.3. The van der Waals surface area contributed by atoms with E-state index in [1.165, 1.54) is 18.2 Å². The van der Waals surface area contributed by atoms with Crippen LogP contribution >= 0.6 is 0 Å². The highest BCUT2D eigenvalue weighted by atomic mass is 19.1. The van der Waals surface area contributed by atoms with Crippen LogP contribution in [0.2, 0.25) is 0 Å². The highest BCUT2D eigenvalue weighted by Gasteiger charge is 2.46. The van der Waals surface area contributed by atoms with E-state index in [0.29, 0.717) is 13.2 Å². The average molecular weight is 518 g/mol. The van der Waals surface area contributed by atoms with E-state index in [9.17, 15) is 14.0 Å². The first-order valence-corrected chi connectivity index (χ1v) is 12.5. The van der Waals surface area contributed by atoms with Crippen LogP contribution < -0.4 is 4.74 Å². The third-order valence-electron chi connectivity index (χ3n) is 6.16. The number of ether oxygens (including phenoxy) is 2. The van der Waals surface area contributed by atoms with Gasteiger partial charge in [0.1, 0.15) is 23.8 Å². The molecular weight excluding hydrogens is 485 g/mol. The molecule has 7 heteroatoms. The first-order valence-electron chi connectivity index (χ1n) is 12.5. The summed E-state index contributed by atoms with van der Waals surface area (Å²) in [5.74, 6) is -0.373. The first kappa shape index (κ1) is 26.9. The second-order valence-corrected chi connectivity index (χ2v) is 10.4. The lowest BCUT2D eigenvalue weighted by atomic mass is 10.1. The van der Waals surface area contributed by atoms with Crippen molar-refractivity contribution >= 4 is 18.1 Å². The molecule has 6 nitrogen and oxygen atoms in total. The number of carboxylic acid groups (broad SMARTS) is 1. The van der Waals surface area contributed by atoms with Crippen LogP contribution in [0.1, 0.15) is 55.4 Å². The summed E-state index contributed by atoms with van der Waals surface area (Å²) < 4.78 is 24.6. The van der Waals surface area contributed by atoms with Gasteiger partial charge in [0.25, 0.3) is 0 Å². The van der Waals surface area contributed by atoms with Crippen molar-refractivity contribution in [3.05, 3.63) is 107 Å². The van der Waals surface area contributed by atoms with Gasteiger partial charge >= 0.3 is 12.1 Å². The number of nitrogens with zero attached hydrogens (tertiary/aromatic N) is 1. The Kier molecular flexibility index (Phi) is 8.15. The zero-order valence-electron chi connectivity index (χ0n) is 21.8. The molecule has 0 spiro atoms. The van der Waals surface area contributed by atoms with Gasteiger partial charge in [-0.15, -0.1) is 0 Å². The molecule has 198 valence electrons. The number of rotatable bonds is 9. The van der Waals surface area contributed by atoms with Crippen molar-refractivity contribution in [1.29, 1.82) is 0 Å². The minimum absolute atomic E-state index is 0.00224. The Hall–Kier alpha value is -4.13. The summed E-state index contributed by atoms with van der Waals surface area (Å²) in [6.45, 7) is 6.28. The fraction of sp³-hybridized carbons (Fsp3) is 0.290. The molecule has 1 N–H and O–H groups in total. The van der Waals surface area contributed by atoms with E-state index in [-0.39, 0.29) is 23.9 Å². The van der Waals surface area contributed by atoms with Gasteiger partial charge in [0, 0.05) is 24.6 Å². The number of carboxylic acids is 1. The van der Waals surface area contributed by atoms with Crippen molar-refractivity contribution < 1.29 is 28.6 Å². The zero-order valence-corrected chi connectivity index (χ0v) is 21.8. The Morgan fingerprint density at radius 2 is 1.61 bits per heavy atom. The third kappa shape index (κ3) is 7.68. The largest absolute Gasteiger partial charge is 0.489 e. The van der Waals surface area contributed by atoms with E-state index in [4.69, 9.17) is 14.6 Å². The van der Waals surface area contributed by atoms with Gasteiger partial charge in [-0.25, -0.2) is 14.0 Å². The molecule has 0 bridgehead atoms. The van der Waals surface area contributed by atoms with Crippen molar-refractivity contribution in [2.75, 3.05) is 0 Å². The maximum Gasteiger partial charge on any atom is 0.410 e. The molecule has 1 saturated carbocycles. The van der Waals surface area contributed by atoms with Gasteiger partial charge in [-0.2, -0.15) is 0 Å². The van der Waals surface area contributed by atoms with E-state index in [1.54, 1.807) is 17.0 Å². The van der Waals surface area contributed by atoms with E-state index >= 15 is 0 Å². The fourth-order valence-electron chi connectivity index (χ4n) is 4.18. The quantitative estimate of drug-likeness (QED) is 0.316. The van der Waals surface area contributed by atoms with E-state index in [2.05, 4.69) is 0 Å². The van der Waals surface area contributed by atoms with Gasteiger partial charge in [-0.3, -0.25) is 0 Å². The summed E-state index contributed by atoms with van der Waals surface area (Å²) in [6.07, 6.45) is 3.09. The number of aliphatic carboxylic acids is 1. The fourth-order valence-corrected chi connectivity index (χ4v) is 4.18. The Morgan fingerprint density at radius 3 is 2.21 bits per heavy atom. The molecule has 0 heterocycles. The van der Waals surface area contributed by atoms with Crippen LogP contribution in [-0.2, 0) is 22.7 Å². The van der Waals surface area contributed by atoms with Gasteiger partial charge < -0.3 is 19.5 Å². The van der Waals surface area contributed by atoms with Gasteiger partial charge in [0.05, 0.1) is 0 Å². The van der Waals surface area contributed by atoms with Crippen molar-refractivity contribution in [1.82, 2.24) is 4.90 Å². The van der Waals surface area contributed by atoms with E-state index < -0.39 is 11.6 Å². The molecule has 0 aliphatic heterocycles. The molecule has 1 fully saturated rings. The molecule has 4 rings (SSSR count). The first-order chi connectivity index (χ1) is 18.1. The number of hydrogen-bond donors (Lipinski definition) is 1. The minimum atomic E-state index is -1.00. The predicted octanol–water partition coefficient (Wildman–Crippen LogP) is 6.80. The average Bonchev–Trinajstić information content (AvgIpc) is 3.66. The summed E-state index contributed by atoms with van der Waals surface area (Å²) in [5, 5.41) is 8.82. The second-order valence-electron chi connectivity index (χ2n) is 10.4. The lowest BCUT2D eigenvalue weighted by molar-refractivity contribution is -0.131. The molecule has 3 aromatic carbocycles. The molecular formula is C31H32FNO5. The molecule has 0 aromatic heterocycles. The lowest BCUT2D eigenvalue weighted by Crippen LogP contribution is -2.38. The van der Waals surface area contributed by atoms with Crippen molar-refractivity contribution in [3.8, 4) is 5.75 Å². The highest BCUT2D eigenvalue weighted by Crippen LogP contribution is 2.46. The van der Waals surface area contributed by atoms with Crippen molar-refractivity contribution in [2.45, 2.75) is 57.9 Å². The molecule has 2 atom stereocenters. The van der Waals surface area contributed by atoms with Gasteiger partial charge in [-0.05, 0) is 79.8 Å². The van der Waals surface area contributed by atoms with Crippen LogP contribution in [0.25, 0.3) is 6.08 Å². The van der Waals surface area contributed by atoms with Crippen LogP contribution in [0.4, 0.5) is 9.18 Å². The normalized spacial score (nSPS) is 16.7. The SMILES string of the molecule is CC(C)(C)OC(=O)N(Cc1ccc(/C=C/C(=O)O)cc1)C1CC1c1ccc(OCc2ccc(F)cc2)cc1. The highest BCUT2D eigenvalue weighted by molar-refractivity contribution is 5.85. The molecule has 2 unspecified atom stereocenters. The maximum atomic E-state index is 13.1. The molecule has 1 aliphatic carbocycles. The minimum Gasteiger partial charge on any atom is -0.489 e. The predicted molar refractivity (Wildman–Crippen MR) is 143 cm³/mol. The molecule has 0 saturated heterocycles. The van der Waals surface area contributed by atoms with Gasteiger partial charge in [0.2, 0.25) is 0 Å². The van der Waals surface area contributed by atoms with Crippen LogP contribution in [0, 0.1) is 5.82 Å². The van der Waals surface area contributed by atoms with E-state index in [1.807, 2.05) is 69.3 Å². The summed E-state index contributed by atoms with van der Waals surface area (Å²) in [4.78, 5) is 25.7. The summed E-state index contributed by atoms with van der Waals surface area (Å²) in [6, 6.07) is 21.5. The van der Waals surface area contributed by atoms with E-state index in [0.717, 1.165) is 40.5 Å². The molecule has 1 amide bonds. The third-order valence-corrected chi connectivity index (χ3v) is 6.16. The number of benzene rings is 3. The monoisotopic (exact) mass is 517 g/mol. The summed E-state index contributed by atoms with van der Waals surface area (Å²) in [5.41, 5.74) is 3.09. The summed E-state index contributed by atoms with van der Waals surface area (Å²) in [7, 11) is 0. The molecule has 1 aliphatic rings. The smallest absolute Gasteiger partial charge is 0.410 e. The van der Waals surface area contributed by atoms with Crippen LogP contribution in [-0.4, -0.2) is 33.7 Å². The number of carbonyl (C=O) groups excluding carboxylic acids is 1. The summed E-state index contributed by atoms with van der Waals surface area (Å²) >= 11 is 0. The van der Waals surface area contributed by atoms with Crippen LogP contribution in [0.15, 0.2) is 78.9 Å². The van der Waals surface area contributed by atoms with Gasteiger partial charge in [-0.1, -0.05) is 48.5 Å². The van der Waals surface area contributed by atoms with Crippen LogP contribution in [0.5, 0.6) is 5.75 Å². The lowest BCUT2D eigenvalue weighted by Gasteiger charge is -2.28. The van der Waals surface area contributed by atoms with Crippen molar-refractivity contribution in [3.63, 3.8) is 0 Å². The van der Waals surface area contributed by atoms with Gasteiger partial charge in [0.15, 0.2) is 0 Å². The second kappa shape index (κ2) is 11.5. The number of halogens is 1. The Labute approximate surface area is 222 Å². The number of hydrogen-bond acceptors (Lipinski definition) is 4. The number of amides is 1. The Balaban J connectivity index is 1.42. The topological polar surface area (TPSA) is 76.1 Å². The molecule has 3 aromatic rings. The van der Waals surface area contributed by atoms with Crippen molar-refractivity contribution in [2.24, 2.45) is 0 Å².